The zero-order valence-electron chi connectivity index (χ0n) is 54.5. The summed E-state index contributed by atoms with van der Waals surface area (Å²) in [4.78, 5) is 23.0. The number of esters is 1. The number of aryl methyl sites for hydroxylation is 4. The molecular weight excluding hydrogens is 1020 g/mol. The maximum absolute atomic E-state index is 12.7. The van der Waals surface area contributed by atoms with Crippen LogP contribution >= 0.6 is 0 Å². The maximum atomic E-state index is 12.7. The minimum Gasteiger partial charge on any atom is -0.478 e. The third-order valence-electron chi connectivity index (χ3n) is 24.2. The van der Waals surface area contributed by atoms with Crippen LogP contribution in [0.25, 0.3) is 12.2 Å². The monoisotopic (exact) mass is 1130 g/mol. The number of aliphatic carboxylic acids is 1. The van der Waals surface area contributed by atoms with E-state index in [0.29, 0.717) is 57.7 Å². The van der Waals surface area contributed by atoms with E-state index >= 15 is 0 Å². The van der Waals surface area contributed by atoms with Crippen molar-refractivity contribution in [2.24, 2.45) is 92.7 Å². The number of allylic oxidation sites excluding steroid dienone is 10. The van der Waals surface area contributed by atoms with Crippen LogP contribution in [0.3, 0.4) is 0 Å². The highest BCUT2D eigenvalue weighted by Gasteiger charge is 2.58. The lowest BCUT2D eigenvalue weighted by Gasteiger charge is -2.55. The average molecular weight is 1130 g/mol. The molecule has 5 nitrogen and oxygen atoms in total. The van der Waals surface area contributed by atoms with Gasteiger partial charge in [0.05, 0.1) is 6.10 Å². The molecule has 0 radical (unpaired) electrons. The molecule has 2 aromatic rings. The number of aliphatic hydroxyl groups is 1. The fourth-order valence-electron chi connectivity index (χ4n) is 17.5. The van der Waals surface area contributed by atoms with Crippen molar-refractivity contribution < 1.29 is 24.5 Å². The number of rotatable bonds is 13. The lowest BCUT2D eigenvalue weighted by atomic mass is 9.50. The molecule has 2 N–H and O–H groups in total. The number of aliphatic hydroxyl groups excluding tert-OH is 1. The second-order valence-corrected chi connectivity index (χ2v) is 29.8. The number of hydrogen-bond acceptors (Lipinski definition) is 4. The number of fused-ring (bicyclic) bond motifs is 10. The van der Waals surface area contributed by atoms with Gasteiger partial charge in [-0.25, -0.2) is 9.59 Å². The summed E-state index contributed by atoms with van der Waals surface area (Å²) in [6, 6.07) is 12.1. The molecule has 6 saturated carbocycles. The molecule has 0 amide bonds. The molecule has 0 heterocycles. The third kappa shape index (κ3) is 13.9. The number of carboxylic acids is 1. The Morgan fingerprint density at radius 3 is 1.41 bits per heavy atom. The number of hydrogen-bond donors (Lipinski definition) is 2. The first-order valence-electron chi connectivity index (χ1n) is 33.0. The van der Waals surface area contributed by atoms with Crippen molar-refractivity contribution in [3.8, 4) is 0 Å². The van der Waals surface area contributed by atoms with Gasteiger partial charge in [0.15, 0.2) is 0 Å². The van der Waals surface area contributed by atoms with Crippen LogP contribution in [0.15, 0.2) is 119 Å². The summed E-state index contributed by atoms with van der Waals surface area (Å²) in [6.07, 6.45) is 42.8. The van der Waals surface area contributed by atoms with Crippen molar-refractivity contribution >= 4 is 24.1 Å². The van der Waals surface area contributed by atoms with Crippen molar-refractivity contribution in [1.82, 2.24) is 0 Å². The van der Waals surface area contributed by atoms with Crippen molar-refractivity contribution in [2.75, 3.05) is 0 Å². The van der Waals surface area contributed by atoms with Gasteiger partial charge >= 0.3 is 11.9 Å². The lowest BCUT2D eigenvalue weighted by Crippen LogP contribution is -2.46. The third-order valence-corrected chi connectivity index (χ3v) is 24.2. The Hall–Kier alpha value is -4.74. The van der Waals surface area contributed by atoms with Gasteiger partial charge in [-0.05, 0) is 249 Å². The fraction of sp³-hybridized carbons (Fsp3) is 0.615. The molecule has 10 rings (SSSR count). The van der Waals surface area contributed by atoms with Crippen molar-refractivity contribution in [3.63, 3.8) is 0 Å². The van der Waals surface area contributed by atoms with E-state index in [0.717, 1.165) is 78.9 Å². The number of carbonyl (C=O) groups is 2. The zero-order valence-corrected chi connectivity index (χ0v) is 54.5. The van der Waals surface area contributed by atoms with Gasteiger partial charge in [-0.2, -0.15) is 0 Å². The minimum atomic E-state index is -0.918. The summed E-state index contributed by atoms with van der Waals surface area (Å²) in [5, 5.41) is 18.6. The Kier molecular flexibility index (Phi) is 20.5. The van der Waals surface area contributed by atoms with E-state index < -0.39 is 5.97 Å². The van der Waals surface area contributed by atoms with E-state index in [9.17, 15) is 14.7 Å². The van der Waals surface area contributed by atoms with E-state index in [1.54, 1.807) is 23.3 Å². The van der Waals surface area contributed by atoms with Gasteiger partial charge in [0, 0.05) is 18.6 Å². The van der Waals surface area contributed by atoms with Crippen molar-refractivity contribution in [2.45, 2.75) is 213 Å². The van der Waals surface area contributed by atoms with Gasteiger partial charge in [0.1, 0.15) is 6.10 Å². The second-order valence-electron chi connectivity index (χ2n) is 29.8. The summed E-state index contributed by atoms with van der Waals surface area (Å²) < 4.78 is 5.98. The minimum absolute atomic E-state index is 0.0215. The van der Waals surface area contributed by atoms with Gasteiger partial charge in [-0.3, -0.25) is 0 Å². The van der Waals surface area contributed by atoms with Gasteiger partial charge in [-0.15, -0.1) is 0 Å². The topological polar surface area (TPSA) is 83.8 Å². The summed E-state index contributed by atoms with van der Waals surface area (Å²) in [5.74, 6) is 7.36. The molecule has 6 fully saturated rings. The fourth-order valence-corrected chi connectivity index (χ4v) is 17.5. The molecule has 8 aliphatic rings. The van der Waals surface area contributed by atoms with E-state index in [-0.39, 0.29) is 23.6 Å². The Bertz CT molecular complexity index is 2900. The number of benzene rings is 2. The first-order chi connectivity index (χ1) is 39.2. The van der Waals surface area contributed by atoms with E-state index in [1.165, 1.54) is 91.2 Å². The van der Waals surface area contributed by atoms with E-state index in [4.69, 9.17) is 9.84 Å². The van der Waals surface area contributed by atoms with Gasteiger partial charge in [0.25, 0.3) is 0 Å². The van der Waals surface area contributed by atoms with Crippen LogP contribution in [0.1, 0.15) is 206 Å². The SMILES string of the molecule is CC(C)[C@@H](C)/C=C/[C@@H](C)[C@H]1CCC2C3=CC=C4C[C@@H](O)CC[C@]4(C)C3CC[C@@]21C.Cc1ccc(/C=C/C(=O)O)cc1C.Cc1ccc(/C=C/C(=O)O[C@H]2CC[C@@]3(C)C(=CC=C4C3CC[C@@]3(C)C4CC[C@@H]3[C@H](C)/C=C/[C@H](C)C(C)C)C2)cc1C. The Balaban J connectivity index is 0.000000185. The highest BCUT2D eigenvalue weighted by molar-refractivity contribution is 5.87. The molecule has 0 aromatic heterocycles. The molecule has 0 aliphatic heterocycles. The van der Waals surface area contributed by atoms with Crippen molar-refractivity contribution in [1.29, 1.82) is 0 Å². The molecule has 8 aliphatic carbocycles. The first kappa shape index (κ1) is 64.3. The van der Waals surface area contributed by atoms with Crippen LogP contribution in [-0.4, -0.2) is 34.4 Å². The lowest BCUT2D eigenvalue weighted by molar-refractivity contribution is -0.144. The highest BCUT2D eigenvalue weighted by Crippen LogP contribution is 2.68. The smallest absolute Gasteiger partial charge is 0.331 e. The molecule has 0 saturated heterocycles. The van der Waals surface area contributed by atoms with Crippen LogP contribution in [0.2, 0.25) is 0 Å². The first-order valence-corrected chi connectivity index (χ1v) is 33.0. The second kappa shape index (κ2) is 26.5. The van der Waals surface area contributed by atoms with E-state index in [2.05, 4.69) is 164 Å². The molecule has 16 atom stereocenters. The quantitative estimate of drug-likeness (QED) is 0.119. The standard InChI is InChI=1S/C39H54O2.C28H44O.C11H12O2/c1-25(2)26(3)9-10-28(5)34-16-17-35-33-15-14-31-24-32(19-21-38(31,7)36(33)20-22-39(34,35)8)41-37(40)18-13-30-12-11-27(4)29(6)23-30;1-18(2)19(3)7-8-20(4)24-11-12-25-23-10-9-21-17-22(29)13-15-27(21,5)26(23)14-16-28(24,25)6;1-8-3-4-10(7-9(8)2)5-6-11(12)13/h9-15,18,23,25-26,28,32,34-36H,16-17,19-22,24H2,1-8H3;7-10,18-20,22,24-26,29H,11-17H2,1-6H3;3-7H,1-2H3,(H,12,13)/b10-9+,18-13+;8-7+;6-5+/t26-,28+,32-,34+,35?,36?,38-,39+;19-,20+,22-,24+,25?,26?,27-,28+;/m00./s1. The predicted molar refractivity (Wildman–Crippen MR) is 348 cm³/mol. The van der Waals surface area contributed by atoms with Crippen LogP contribution in [0, 0.1) is 120 Å². The zero-order chi connectivity index (χ0) is 60.3. The summed E-state index contributed by atoms with van der Waals surface area (Å²) in [7, 11) is 0. The molecule has 5 heteroatoms. The molecule has 0 spiro atoms. The summed E-state index contributed by atoms with van der Waals surface area (Å²) in [5.41, 5.74) is 14.8. The number of ether oxygens (including phenoxy) is 1. The van der Waals surface area contributed by atoms with Crippen molar-refractivity contribution in [3.05, 3.63) is 153 Å². The van der Waals surface area contributed by atoms with Crippen LogP contribution in [0.4, 0.5) is 0 Å². The molecule has 4 unspecified atom stereocenters. The summed E-state index contributed by atoms with van der Waals surface area (Å²) in [6.45, 7) is 37.5. The Morgan fingerprint density at radius 1 is 0.518 bits per heavy atom. The molecule has 83 heavy (non-hydrogen) atoms. The highest BCUT2D eigenvalue weighted by atomic mass is 16.5. The van der Waals surface area contributed by atoms with Crippen LogP contribution < -0.4 is 0 Å². The Labute approximate surface area is 504 Å². The molecule has 452 valence electrons. The number of carboxylic acid groups (broad SMARTS) is 1. The average Bonchev–Trinajstić information content (AvgIpc) is 1.95. The predicted octanol–water partition coefficient (Wildman–Crippen LogP) is 19.9. The van der Waals surface area contributed by atoms with Crippen LogP contribution in [-0.2, 0) is 14.3 Å². The maximum Gasteiger partial charge on any atom is 0.331 e. The van der Waals surface area contributed by atoms with Gasteiger partial charge in [-0.1, -0.05) is 190 Å². The number of carbonyl (C=O) groups excluding carboxylic acids is 1. The van der Waals surface area contributed by atoms with E-state index in [1.807, 2.05) is 38.1 Å². The molecule has 0 bridgehead atoms. The van der Waals surface area contributed by atoms with Crippen LogP contribution in [0.5, 0.6) is 0 Å². The Morgan fingerprint density at radius 2 is 0.964 bits per heavy atom. The van der Waals surface area contributed by atoms with Gasteiger partial charge in [0.2, 0.25) is 0 Å². The largest absolute Gasteiger partial charge is 0.478 e. The molecular formula is C78H110O5. The molecule has 2 aromatic carbocycles. The normalized spacial score (nSPS) is 34.1. The van der Waals surface area contributed by atoms with Gasteiger partial charge < -0.3 is 14.9 Å². The summed E-state index contributed by atoms with van der Waals surface area (Å²) >= 11 is 0.